The lowest BCUT2D eigenvalue weighted by Crippen LogP contribution is -2.39. The van der Waals surface area contributed by atoms with Crippen LogP contribution in [-0.4, -0.2) is 29.1 Å². The average molecular weight is 352 g/mol. The van der Waals surface area contributed by atoms with E-state index in [0.717, 1.165) is 11.1 Å². The lowest BCUT2D eigenvalue weighted by atomic mass is 10.1. The molecule has 0 spiro atoms. The molecule has 2 aromatic carbocycles. The Kier molecular flexibility index (Phi) is 6.32. The van der Waals surface area contributed by atoms with Gasteiger partial charge in [0.25, 0.3) is 0 Å². The highest BCUT2D eigenvalue weighted by molar-refractivity contribution is 5.95. The highest BCUT2D eigenvalue weighted by atomic mass is 16.2. The molecule has 7 nitrogen and oxygen atoms in total. The van der Waals surface area contributed by atoms with Crippen molar-refractivity contribution in [3.05, 3.63) is 70.8 Å². The number of hydrogen-bond acceptors (Lipinski definition) is 3. The standard InChI is InChI=1S/C19H24N6O/c1-2-25(12-14-5-9-16(10-6-14)18(22)23)19(26)24-11-13-3-7-15(8-4-13)17(20)21/h3-10H,2,11-12H2,1H3,(H3,20,21)(H3,22,23)(H,24,26). The van der Waals surface area contributed by atoms with Gasteiger partial charge < -0.3 is 21.7 Å². The van der Waals surface area contributed by atoms with Gasteiger partial charge in [0.05, 0.1) is 0 Å². The molecule has 0 heterocycles. The van der Waals surface area contributed by atoms with Crippen LogP contribution in [0.4, 0.5) is 4.79 Å². The van der Waals surface area contributed by atoms with E-state index in [0.29, 0.717) is 30.8 Å². The Labute approximate surface area is 153 Å². The molecular formula is C19H24N6O. The lowest BCUT2D eigenvalue weighted by molar-refractivity contribution is 0.197. The topological polar surface area (TPSA) is 132 Å². The van der Waals surface area contributed by atoms with Crippen LogP contribution in [0.25, 0.3) is 0 Å². The van der Waals surface area contributed by atoms with E-state index >= 15 is 0 Å². The van der Waals surface area contributed by atoms with Gasteiger partial charge in [-0.05, 0) is 18.1 Å². The van der Waals surface area contributed by atoms with Crippen LogP contribution in [0.5, 0.6) is 0 Å². The molecule has 2 rings (SSSR count). The van der Waals surface area contributed by atoms with E-state index in [1.807, 2.05) is 31.2 Å². The third-order valence-electron chi connectivity index (χ3n) is 4.02. The number of urea groups is 1. The van der Waals surface area contributed by atoms with Crippen LogP contribution < -0.4 is 16.8 Å². The van der Waals surface area contributed by atoms with Gasteiger partial charge in [-0.2, -0.15) is 0 Å². The Morgan fingerprint density at radius 2 is 1.38 bits per heavy atom. The largest absolute Gasteiger partial charge is 0.384 e. The number of carbonyl (C=O) groups excluding carboxylic acids is 1. The average Bonchev–Trinajstić information content (AvgIpc) is 2.64. The second-order valence-electron chi connectivity index (χ2n) is 5.89. The third kappa shape index (κ3) is 5.07. The number of nitrogens with two attached hydrogens (primary N) is 2. The Hall–Kier alpha value is -3.35. The van der Waals surface area contributed by atoms with E-state index in [4.69, 9.17) is 22.3 Å². The molecule has 0 unspecified atom stereocenters. The second-order valence-corrected chi connectivity index (χ2v) is 5.89. The van der Waals surface area contributed by atoms with Crippen molar-refractivity contribution < 1.29 is 4.79 Å². The molecular weight excluding hydrogens is 328 g/mol. The third-order valence-corrected chi connectivity index (χ3v) is 4.02. The molecule has 0 saturated carbocycles. The van der Waals surface area contributed by atoms with E-state index < -0.39 is 0 Å². The van der Waals surface area contributed by atoms with Crippen LogP contribution in [-0.2, 0) is 13.1 Å². The molecule has 7 N–H and O–H groups in total. The number of benzene rings is 2. The second kappa shape index (κ2) is 8.66. The summed E-state index contributed by atoms with van der Waals surface area (Å²) in [6, 6.07) is 14.3. The van der Waals surface area contributed by atoms with Crippen LogP contribution in [0.15, 0.2) is 48.5 Å². The van der Waals surface area contributed by atoms with Gasteiger partial charge in [0, 0.05) is 30.8 Å². The first-order chi connectivity index (χ1) is 12.4. The predicted octanol–water partition coefficient (Wildman–Crippen LogP) is 1.99. The fourth-order valence-corrected chi connectivity index (χ4v) is 2.43. The summed E-state index contributed by atoms with van der Waals surface area (Å²) in [5.41, 5.74) is 14.1. The molecule has 0 fully saturated rings. The highest BCUT2D eigenvalue weighted by Crippen LogP contribution is 2.08. The molecule has 2 aromatic rings. The number of nitrogen functional groups attached to an aromatic ring is 2. The maximum atomic E-state index is 12.4. The molecule has 0 aliphatic rings. The SMILES string of the molecule is CCN(Cc1ccc(C(=N)N)cc1)C(=O)NCc1ccc(C(=N)N)cc1. The first-order valence-electron chi connectivity index (χ1n) is 8.30. The minimum Gasteiger partial charge on any atom is -0.384 e. The first-order valence-corrected chi connectivity index (χ1v) is 8.30. The Morgan fingerprint density at radius 3 is 1.81 bits per heavy atom. The molecule has 2 amide bonds. The van der Waals surface area contributed by atoms with Gasteiger partial charge in [-0.3, -0.25) is 10.8 Å². The summed E-state index contributed by atoms with van der Waals surface area (Å²) in [4.78, 5) is 14.1. The number of amides is 2. The molecule has 26 heavy (non-hydrogen) atoms. The van der Waals surface area contributed by atoms with Crippen molar-refractivity contribution in [2.24, 2.45) is 11.5 Å². The molecule has 0 saturated heterocycles. The smallest absolute Gasteiger partial charge is 0.317 e. The predicted molar refractivity (Wildman–Crippen MR) is 103 cm³/mol. The summed E-state index contributed by atoms with van der Waals surface area (Å²) in [7, 11) is 0. The summed E-state index contributed by atoms with van der Waals surface area (Å²) in [6.45, 7) is 3.37. The zero-order valence-electron chi connectivity index (χ0n) is 14.8. The van der Waals surface area contributed by atoms with Gasteiger partial charge in [-0.25, -0.2) is 4.79 Å². The fourth-order valence-electron chi connectivity index (χ4n) is 2.43. The molecule has 0 aromatic heterocycles. The molecule has 0 radical (unpaired) electrons. The van der Waals surface area contributed by atoms with Crippen molar-refractivity contribution in [1.82, 2.24) is 10.2 Å². The van der Waals surface area contributed by atoms with Crippen LogP contribution in [0.1, 0.15) is 29.2 Å². The zero-order chi connectivity index (χ0) is 19.1. The monoisotopic (exact) mass is 352 g/mol. The van der Waals surface area contributed by atoms with Gasteiger partial charge >= 0.3 is 6.03 Å². The van der Waals surface area contributed by atoms with Gasteiger partial charge in [-0.15, -0.1) is 0 Å². The summed E-state index contributed by atoms with van der Waals surface area (Å²) in [5, 5.41) is 17.7. The van der Waals surface area contributed by atoms with Crippen molar-refractivity contribution in [2.75, 3.05) is 6.54 Å². The van der Waals surface area contributed by atoms with Crippen LogP contribution >= 0.6 is 0 Å². The Morgan fingerprint density at radius 1 is 0.923 bits per heavy atom. The highest BCUT2D eigenvalue weighted by Gasteiger charge is 2.12. The minimum atomic E-state index is -0.154. The number of nitrogens with zero attached hydrogens (tertiary/aromatic N) is 1. The van der Waals surface area contributed by atoms with Gasteiger partial charge in [0.2, 0.25) is 0 Å². The number of nitrogens with one attached hydrogen (secondary N) is 3. The van der Waals surface area contributed by atoms with E-state index in [2.05, 4.69) is 5.32 Å². The summed E-state index contributed by atoms with van der Waals surface area (Å²) >= 11 is 0. The van der Waals surface area contributed by atoms with E-state index in [1.165, 1.54) is 0 Å². The van der Waals surface area contributed by atoms with Crippen molar-refractivity contribution in [1.29, 1.82) is 10.8 Å². The van der Waals surface area contributed by atoms with E-state index in [1.54, 1.807) is 29.2 Å². The summed E-state index contributed by atoms with van der Waals surface area (Å²) in [6.07, 6.45) is 0. The van der Waals surface area contributed by atoms with Crippen LogP contribution in [0.3, 0.4) is 0 Å². The van der Waals surface area contributed by atoms with Crippen LogP contribution in [0.2, 0.25) is 0 Å². The zero-order valence-corrected chi connectivity index (χ0v) is 14.8. The van der Waals surface area contributed by atoms with Crippen LogP contribution in [0, 0.1) is 10.8 Å². The lowest BCUT2D eigenvalue weighted by Gasteiger charge is -2.21. The summed E-state index contributed by atoms with van der Waals surface area (Å²) in [5.74, 6) is 0.0472. The van der Waals surface area contributed by atoms with Gasteiger partial charge in [0.15, 0.2) is 0 Å². The van der Waals surface area contributed by atoms with Crippen molar-refractivity contribution in [3.8, 4) is 0 Å². The number of amidine groups is 2. The quantitative estimate of drug-likeness (QED) is 0.385. The fraction of sp³-hybridized carbons (Fsp3) is 0.211. The van der Waals surface area contributed by atoms with E-state index in [9.17, 15) is 4.79 Å². The van der Waals surface area contributed by atoms with Gasteiger partial charge in [0.1, 0.15) is 11.7 Å². The maximum absolute atomic E-state index is 12.4. The molecule has 0 aliphatic carbocycles. The van der Waals surface area contributed by atoms with E-state index in [-0.39, 0.29) is 17.7 Å². The molecule has 0 atom stereocenters. The Bertz CT molecular complexity index is 783. The maximum Gasteiger partial charge on any atom is 0.317 e. The number of rotatable bonds is 7. The molecule has 136 valence electrons. The number of carbonyl (C=O) groups is 1. The molecule has 0 bridgehead atoms. The normalized spacial score (nSPS) is 10.2. The van der Waals surface area contributed by atoms with Crippen molar-refractivity contribution in [3.63, 3.8) is 0 Å². The summed E-state index contributed by atoms with van der Waals surface area (Å²) < 4.78 is 0. The van der Waals surface area contributed by atoms with Gasteiger partial charge in [-0.1, -0.05) is 48.5 Å². The van der Waals surface area contributed by atoms with Crippen molar-refractivity contribution >= 4 is 17.7 Å². The molecule has 7 heteroatoms. The first kappa shape index (κ1) is 19.0. The van der Waals surface area contributed by atoms with Crippen molar-refractivity contribution in [2.45, 2.75) is 20.0 Å². The number of hydrogen-bond donors (Lipinski definition) is 5. The Balaban J connectivity index is 1.93. The molecule has 0 aliphatic heterocycles. The minimum absolute atomic E-state index is 0.0218.